The molecule has 2 fully saturated rings. The Bertz CT molecular complexity index is 512. The summed E-state index contributed by atoms with van der Waals surface area (Å²) in [4.78, 5) is 18.5. The van der Waals surface area contributed by atoms with Gasteiger partial charge in [0.2, 0.25) is 5.88 Å². The third-order valence-corrected chi connectivity index (χ3v) is 4.89. The maximum absolute atomic E-state index is 12.2. The number of rotatable bonds is 4. The summed E-state index contributed by atoms with van der Waals surface area (Å²) >= 11 is 0. The number of likely N-dealkylation sites (tertiary alicyclic amines) is 1. The van der Waals surface area contributed by atoms with Gasteiger partial charge in [-0.3, -0.25) is 0 Å². The predicted molar refractivity (Wildman–Crippen MR) is 89.4 cm³/mol. The molecule has 1 aliphatic heterocycles. The molecule has 1 aliphatic carbocycles. The van der Waals surface area contributed by atoms with Crippen LogP contribution in [0.2, 0.25) is 0 Å². The number of hydrogen-bond acceptors (Lipinski definition) is 3. The molecule has 1 N–H and O–H groups in total. The second-order valence-corrected chi connectivity index (χ2v) is 6.73. The molecule has 0 radical (unpaired) electrons. The molecule has 5 heteroatoms. The van der Waals surface area contributed by atoms with E-state index in [1.54, 1.807) is 6.20 Å². The van der Waals surface area contributed by atoms with Gasteiger partial charge in [-0.15, -0.1) is 0 Å². The van der Waals surface area contributed by atoms with Crippen molar-refractivity contribution in [1.82, 2.24) is 15.2 Å². The van der Waals surface area contributed by atoms with E-state index >= 15 is 0 Å². The third-order valence-electron chi connectivity index (χ3n) is 4.89. The van der Waals surface area contributed by atoms with Crippen LogP contribution in [0.15, 0.2) is 18.3 Å². The van der Waals surface area contributed by atoms with Crippen molar-refractivity contribution in [2.45, 2.75) is 70.6 Å². The van der Waals surface area contributed by atoms with E-state index in [-0.39, 0.29) is 6.03 Å². The average molecular weight is 317 g/mol. The minimum atomic E-state index is 0.0310. The van der Waals surface area contributed by atoms with E-state index in [0.29, 0.717) is 24.6 Å². The van der Waals surface area contributed by atoms with Crippen molar-refractivity contribution in [3.05, 3.63) is 23.9 Å². The highest BCUT2D eigenvalue weighted by Gasteiger charge is 2.22. The Morgan fingerprint density at radius 1 is 1.26 bits per heavy atom. The second kappa shape index (κ2) is 7.66. The molecule has 2 amide bonds. The van der Waals surface area contributed by atoms with Crippen molar-refractivity contribution in [3.63, 3.8) is 0 Å². The number of carbonyl (C=O) groups excluding carboxylic acids is 1. The third kappa shape index (κ3) is 4.36. The lowest BCUT2D eigenvalue weighted by Gasteiger charge is -2.33. The fourth-order valence-corrected chi connectivity index (χ4v) is 3.44. The largest absolute Gasteiger partial charge is 0.474 e. The number of aromatic nitrogens is 1. The summed E-state index contributed by atoms with van der Waals surface area (Å²) in [6, 6.07) is 4.26. The smallest absolute Gasteiger partial charge is 0.317 e. The summed E-state index contributed by atoms with van der Waals surface area (Å²) < 4.78 is 5.86. The van der Waals surface area contributed by atoms with Crippen LogP contribution in [0.1, 0.15) is 57.4 Å². The Labute approximate surface area is 138 Å². The topological polar surface area (TPSA) is 54.5 Å². The summed E-state index contributed by atoms with van der Waals surface area (Å²) in [5.41, 5.74) is 1.00. The van der Waals surface area contributed by atoms with Gasteiger partial charge >= 0.3 is 6.03 Å². The first-order valence-electron chi connectivity index (χ1n) is 8.88. The van der Waals surface area contributed by atoms with Crippen LogP contribution in [0, 0.1) is 0 Å². The first kappa shape index (κ1) is 16.1. The van der Waals surface area contributed by atoms with E-state index in [1.807, 2.05) is 17.0 Å². The monoisotopic (exact) mass is 317 g/mol. The Balaban J connectivity index is 1.47. The van der Waals surface area contributed by atoms with Gasteiger partial charge in [0.1, 0.15) is 6.10 Å². The van der Waals surface area contributed by atoms with Gasteiger partial charge in [-0.05, 0) is 57.4 Å². The van der Waals surface area contributed by atoms with Crippen LogP contribution in [-0.2, 0) is 6.54 Å². The molecule has 126 valence electrons. The van der Waals surface area contributed by atoms with Crippen molar-refractivity contribution in [3.8, 4) is 5.88 Å². The number of hydrogen-bond donors (Lipinski definition) is 1. The molecular formula is C18H27N3O2. The van der Waals surface area contributed by atoms with Gasteiger partial charge in [-0.25, -0.2) is 9.78 Å². The SMILES string of the molecule is CC1CCCCN1C(=O)NCc1ccc(OC2CCCC2)nc1. The molecule has 1 saturated heterocycles. The maximum Gasteiger partial charge on any atom is 0.317 e. The molecule has 0 bridgehead atoms. The molecule has 0 spiro atoms. The number of amides is 2. The van der Waals surface area contributed by atoms with Crippen LogP contribution in [0.25, 0.3) is 0 Å². The molecule has 1 aromatic rings. The molecule has 1 atom stereocenters. The number of pyridine rings is 1. The minimum absolute atomic E-state index is 0.0310. The van der Waals surface area contributed by atoms with E-state index in [4.69, 9.17) is 4.74 Å². The van der Waals surface area contributed by atoms with Gasteiger partial charge in [0.25, 0.3) is 0 Å². The van der Waals surface area contributed by atoms with Gasteiger partial charge in [0.05, 0.1) is 0 Å². The van der Waals surface area contributed by atoms with E-state index in [2.05, 4.69) is 17.2 Å². The van der Waals surface area contributed by atoms with Crippen molar-refractivity contribution in [2.75, 3.05) is 6.54 Å². The number of nitrogens with zero attached hydrogens (tertiary/aromatic N) is 2. The van der Waals surface area contributed by atoms with Gasteiger partial charge in [-0.1, -0.05) is 6.07 Å². The van der Waals surface area contributed by atoms with Crippen LogP contribution in [0.5, 0.6) is 5.88 Å². The molecular weight excluding hydrogens is 290 g/mol. The number of nitrogens with one attached hydrogen (secondary N) is 1. The van der Waals surface area contributed by atoms with Crippen molar-refractivity contribution < 1.29 is 9.53 Å². The Morgan fingerprint density at radius 3 is 2.74 bits per heavy atom. The first-order chi connectivity index (χ1) is 11.2. The molecule has 1 saturated carbocycles. The Kier molecular flexibility index (Phi) is 5.36. The van der Waals surface area contributed by atoms with E-state index in [1.165, 1.54) is 19.3 Å². The van der Waals surface area contributed by atoms with Crippen molar-refractivity contribution >= 4 is 6.03 Å². The van der Waals surface area contributed by atoms with E-state index in [9.17, 15) is 4.79 Å². The minimum Gasteiger partial charge on any atom is -0.474 e. The van der Waals surface area contributed by atoms with Crippen LogP contribution in [-0.4, -0.2) is 34.6 Å². The predicted octanol–water partition coefficient (Wildman–Crippen LogP) is 3.49. The fourth-order valence-electron chi connectivity index (χ4n) is 3.44. The molecule has 2 heterocycles. The van der Waals surface area contributed by atoms with Gasteiger partial charge in [0.15, 0.2) is 0 Å². The summed E-state index contributed by atoms with van der Waals surface area (Å²) in [5, 5.41) is 3.00. The highest BCUT2D eigenvalue weighted by Crippen LogP contribution is 2.23. The number of carbonyl (C=O) groups is 1. The fraction of sp³-hybridized carbons (Fsp3) is 0.667. The first-order valence-corrected chi connectivity index (χ1v) is 8.88. The standard InChI is InChI=1S/C18H27N3O2/c1-14-6-4-5-11-21(14)18(22)20-13-15-9-10-17(19-12-15)23-16-7-2-3-8-16/h9-10,12,14,16H,2-8,11,13H2,1H3,(H,20,22). The zero-order valence-electron chi connectivity index (χ0n) is 14.0. The molecule has 23 heavy (non-hydrogen) atoms. The number of ether oxygens (including phenoxy) is 1. The molecule has 5 nitrogen and oxygen atoms in total. The molecule has 0 aromatic carbocycles. The summed E-state index contributed by atoms with van der Waals surface area (Å²) in [6.07, 6.45) is 10.3. The highest BCUT2D eigenvalue weighted by atomic mass is 16.5. The van der Waals surface area contributed by atoms with Gasteiger partial charge < -0.3 is 15.0 Å². The Hall–Kier alpha value is -1.78. The number of urea groups is 1. The van der Waals surface area contributed by atoms with Crippen molar-refractivity contribution in [2.24, 2.45) is 0 Å². The van der Waals surface area contributed by atoms with Crippen LogP contribution in [0.4, 0.5) is 4.79 Å². The lowest BCUT2D eigenvalue weighted by Crippen LogP contribution is -2.47. The van der Waals surface area contributed by atoms with Crippen LogP contribution >= 0.6 is 0 Å². The lowest BCUT2D eigenvalue weighted by atomic mass is 10.0. The van der Waals surface area contributed by atoms with Gasteiger partial charge in [-0.2, -0.15) is 0 Å². The quantitative estimate of drug-likeness (QED) is 0.925. The van der Waals surface area contributed by atoms with E-state index < -0.39 is 0 Å². The second-order valence-electron chi connectivity index (χ2n) is 6.73. The zero-order chi connectivity index (χ0) is 16.1. The summed E-state index contributed by atoms with van der Waals surface area (Å²) in [6.45, 7) is 3.49. The van der Waals surface area contributed by atoms with Crippen LogP contribution < -0.4 is 10.1 Å². The number of piperidine rings is 1. The van der Waals surface area contributed by atoms with E-state index in [0.717, 1.165) is 37.8 Å². The van der Waals surface area contributed by atoms with Crippen molar-refractivity contribution in [1.29, 1.82) is 0 Å². The maximum atomic E-state index is 12.2. The normalized spacial score (nSPS) is 22.1. The lowest BCUT2D eigenvalue weighted by molar-refractivity contribution is 0.158. The highest BCUT2D eigenvalue weighted by molar-refractivity contribution is 5.74. The molecule has 2 aliphatic rings. The molecule has 3 rings (SSSR count). The molecule has 1 unspecified atom stereocenters. The summed E-state index contributed by atoms with van der Waals surface area (Å²) in [5.74, 6) is 0.691. The summed E-state index contributed by atoms with van der Waals surface area (Å²) in [7, 11) is 0. The zero-order valence-corrected chi connectivity index (χ0v) is 14.0. The average Bonchev–Trinajstić information content (AvgIpc) is 3.07. The molecule has 1 aromatic heterocycles. The van der Waals surface area contributed by atoms with Gasteiger partial charge in [0, 0.05) is 31.4 Å². The Morgan fingerprint density at radius 2 is 2.04 bits per heavy atom. The van der Waals surface area contributed by atoms with Crippen LogP contribution in [0.3, 0.4) is 0 Å².